The van der Waals surface area contributed by atoms with Gasteiger partial charge < -0.3 is 20.5 Å². The van der Waals surface area contributed by atoms with Crippen molar-refractivity contribution >= 4 is 50.6 Å². The lowest BCUT2D eigenvalue weighted by molar-refractivity contribution is -0.384. The predicted molar refractivity (Wildman–Crippen MR) is 132 cm³/mol. The molecule has 2 heterocycles. The Kier molecular flexibility index (Phi) is 5.58. The van der Waals surface area contributed by atoms with Crippen LogP contribution in [0.15, 0.2) is 60.8 Å². The van der Waals surface area contributed by atoms with Gasteiger partial charge in [0.05, 0.1) is 16.1 Å². The van der Waals surface area contributed by atoms with E-state index in [1.165, 1.54) is 24.1 Å². The molecule has 0 saturated carbocycles. The monoisotopic (exact) mass is 473 g/mol. The van der Waals surface area contributed by atoms with E-state index < -0.39 is 16.9 Å². The van der Waals surface area contributed by atoms with E-state index in [0.717, 1.165) is 10.8 Å². The van der Waals surface area contributed by atoms with Gasteiger partial charge in [0.25, 0.3) is 11.6 Å². The van der Waals surface area contributed by atoms with Crippen molar-refractivity contribution in [3.63, 3.8) is 0 Å². The molecular weight excluding hydrogens is 450 g/mol. The normalized spacial score (nSPS) is 15.2. The van der Waals surface area contributed by atoms with Crippen molar-refractivity contribution in [2.75, 3.05) is 16.9 Å². The van der Waals surface area contributed by atoms with Gasteiger partial charge in [-0.2, -0.15) is 5.06 Å². The van der Waals surface area contributed by atoms with E-state index >= 15 is 0 Å². The first-order chi connectivity index (χ1) is 16.9. The van der Waals surface area contributed by atoms with Crippen LogP contribution in [-0.4, -0.2) is 27.9 Å². The van der Waals surface area contributed by atoms with Crippen molar-refractivity contribution in [1.29, 1.82) is 0 Å². The predicted octanol–water partition coefficient (Wildman–Crippen LogP) is 4.03. The zero-order valence-electron chi connectivity index (χ0n) is 18.9. The maximum absolute atomic E-state index is 13.4. The molecule has 0 spiro atoms. The number of nitro groups is 1. The van der Waals surface area contributed by atoms with Crippen molar-refractivity contribution in [2.45, 2.75) is 25.9 Å². The van der Waals surface area contributed by atoms with Crippen LogP contribution in [0, 0.1) is 10.1 Å². The molecule has 3 aromatic carbocycles. The van der Waals surface area contributed by atoms with Crippen molar-refractivity contribution in [1.82, 2.24) is 4.57 Å². The molecule has 4 aromatic rings. The number of aryl methyl sites for hydroxylation is 1. The topological polar surface area (TPSA) is 133 Å². The van der Waals surface area contributed by atoms with E-state index in [9.17, 15) is 19.7 Å². The van der Waals surface area contributed by atoms with E-state index in [0.29, 0.717) is 47.4 Å². The van der Waals surface area contributed by atoms with E-state index in [2.05, 4.69) is 5.32 Å². The first-order valence-corrected chi connectivity index (χ1v) is 11.2. The lowest BCUT2D eigenvalue weighted by Gasteiger charge is -2.36. The molecule has 178 valence electrons. The van der Waals surface area contributed by atoms with Gasteiger partial charge in [-0.3, -0.25) is 19.7 Å². The van der Waals surface area contributed by atoms with Crippen molar-refractivity contribution in [3.05, 3.63) is 76.5 Å². The fourth-order valence-corrected chi connectivity index (χ4v) is 4.62. The molecule has 3 N–H and O–H groups in total. The Morgan fingerprint density at radius 3 is 2.71 bits per heavy atom. The largest absolute Gasteiger partial charge is 0.347 e. The summed E-state index contributed by atoms with van der Waals surface area (Å²) in [4.78, 5) is 42.2. The number of nitro benzene ring substituents is 1. The summed E-state index contributed by atoms with van der Waals surface area (Å²) >= 11 is 0. The number of nitrogens with one attached hydrogen (secondary N) is 1. The van der Waals surface area contributed by atoms with Crippen LogP contribution in [0.1, 0.15) is 24.9 Å². The van der Waals surface area contributed by atoms with Crippen LogP contribution in [0.25, 0.3) is 21.7 Å². The number of benzene rings is 3. The summed E-state index contributed by atoms with van der Waals surface area (Å²) in [5.74, 6) is -0.962. The third-order valence-electron chi connectivity index (χ3n) is 6.09. The number of anilines is 2. The summed E-state index contributed by atoms with van der Waals surface area (Å²) in [6.07, 6.45) is 2.42. The number of hydrogen-bond acceptors (Lipinski definition) is 7. The number of amides is 1. The quantitative estimate of drug-likeness (QED) is 0.319. The van der Waals surface area contributed by atoms with Crippen LogP contribution in [0.4, 0.5) is 17.1 Å². The van der Waals surface area contributed by atoms with Crippen LogP contribution in [0.5, 0.6) is 0 Å². The second kappa shape index (κ2) is 8.73. The standard InChI is InChI=1S/C25H23N5O5/c1-15(31)35-29-23-18-6-3-2-5-16(18)7-10-21(23)27-25(32)24(29)20-14-28(12-4-11-26)22-13-17(30(33)34)8-9-19(20)22/h2-3,5-10,13-14,24H,4,11-12,26H2,1H3,(H,27,32). The van der Waals surface area contributed by atoms with Gasteiger partial charge >= 0.3 is 5.97 Å². The second-order valence-electron chi connectivity index (χ2n) is 8.36. The molecule has 35 heavy (non-hydrogen) atoms. The molecule has 0 saturated heterocycles. The molecule has 1 unspecified atom stereocenters. The summed E-state index contributed by atoms with van der Waals surface area (Å²) in [5.41, 5.74) is 7.89. The Balaban J connectivity index is 1.74. The Morgan fingerprint density at radius 1 is 1.17 bits per heavy atom. The SMILES string of the molecule is CC(=O)ON1c2c(ccc3ccccc23)NC(=O)C1c1cn(CCCN)c2cc([N+](=O)[O-])ccc12. The van der Waals surface area contributed by atoms with Crippen LogP contribution in [0.2, 0.25) is 0 Å². The first kappa shape index (κ1) is 22.4. The van der Waals surface area contributed by atoms with Gasteiger partial charge in [-0.25, -0.2) is 0 Å². The summed E-state index contributed by atoms with van der Waals surface area (Å²) in [6, 6.07) is 14.8. The number of carbonyl (C=O) groups is 2. The minimum absolute atomic E-state index is 0.0579. The summed E-state index contributed by atoms with van der Waals surface area (Å²) in [6.45, 7) is 2.23. The van der Waals surface area contributed by atoms with Gasteiger partial charge in [0, 0.05) is 48.1 Å². The molecule has 0 aliphatic carbocycles. The van der Waals surface area contributed by atoms with E-state index in [1.54, 1.807) is 18.3 Å². The molecule has 10 heteroatoms. The number of non-ortho nitro benzene ring substituents is 1. The highest BCUT2D eigenvalue weighted by Gasteiger charge is 2.39. The number of carbonyl (C=O) groups excluding carboxylic acids is 2. The Morgan fingerprint density at radius 2 is 1.97 bits per heavy atom. The lowest BCUT2D eigenvalue weighted by atomic mass is 9.98. The number of rotatable bonds is 6. The number of aromatic nitrogens is 1. The smallest absolute Gasteiger partial charge is 0.329 e. The van der Waals surface area contributed by atoms with E-state index in [1.807, 2.05) is 34.9 Å². The summed E-state index contributed by atoms with van der Waals surface area (Å²) in [7, 11) is 0. The minimum Gasteiger partial charge on any atom is -0.347 e. The van der Waals surface area contributed by atoms with Crippen molar-refractivity contribution in [2.24, 2.45) is 5.73 Å². The molecule has 0 radical (unpaired) electrons. The van der Waals surface area contributed by atoms with Crippen molar-refractivity contribution < 1.29 is 19.3 Å². The molecule has 1 aromatic heterocycles. The third-order valence-corrected chi connectivity index (χ3v) is 6.09. The number of nitrogens with two attached hydrogens (primary N) is 1. The molecule has 5 rings (SSSR count). The first-order valence-electron chi connectivity index (χ1n) is 11.2. The highest BCUT2D eigenvalue weighted by atomic mass is 16.7. The average molecular weight is 473 g/mol. The Bertz CT molecular complexity index is 1490. The number of nitrogens with zero attached hydrogens (tertiary/aromatic N) is 3. The molecule has 1 amide bonds. The van der Waals surface area contributed by atoms with Gasteiger partial charge in [-0.1, -0.05) is 30.3 Å². The van der Waals surface area contributed by atoms with Gasteiger partial charge in [-0.05, 0) is 30.5 Å². The summed E-state index contributed by atoms with van der Waals surface area (Å²) < 4.78 is 1.85. The Labute approximate surface area is 200 Å². The molecule has 1 aliphatic heterocycles. The number of fused-ring (bicyclic) bond motifs is 4. The number of hydroxylamine groups is 1. The van der Waals surface area contributed by atoms with Gasteiger partial charge in [0.1, 0.15) is 5.69 Å². The molecule has 10 nitrogen and oxygen atoms in total. The molecule has 1 aliphatic rings. The van der Waals surface area contributed by atoms with Gasteiger partial charge in [0.2, 0.25) is 0 Å². The fourth-order valence-electron chi connectivity index (χ4n) is 4.62. The zero-order chi connectivity index (χ0) is 24.7. The maximum atomic E-state index is 13.4. The van der Waals surface area contributed by atoms with Crippen LogP contribution in [0.3, 0.4) is 0 Å². The molecule has 1 atom stereocenters. The van der Waals surface area contributed by atoms with E-state index in [-0.39, 0.29) is 11.6 Å². The highest BCUT2D eigenvalue weighted by molar-refractivity contribution is 6.12. The van der Waals surface area contributed by atoms with Crippen LogP contribution >= 0.6 is 0 Å². The highest BCUT2D eigenvalue weighted by Crippen LogP contribution is 2.45. The van der Waals surface area contributed by atoms with Crippen LogP contribution < -0.4 is 16.1 Å². The zero-order valence-corrected chi connectivity index (χ0v) is 18.9. The van der Waals surface area contributed by atoms with E-state index in [4.69, 9.17) is 10.6 Å². The van der Waals surface area contributed by atoms with Gasteiger partial charge in [0.15, 0.2) is 6.04 Å². The molecule has 0 fully saturated rings. The third kappa shape index (κ3) is 3.83. The van der Waals surface area contributed by atoms with Gasteiger partial charge in [-0.15, -0.1) is 0 Å². The Hall–Kier alpha value is -4.44. The lowest BCUT2D eigenvalue weighted by Crippen LogP contribution is -2.42. The van der Waals surface area contributed by atoms with Crippen LogP contribution in [-0.2, 0) is 21.0 Å². The summed E-state index contributed by atoms with van der Waals surface area (Å²) in [5, 5.41) is 18.1. The second-order valence-corrected chi connectivity index (χ2v) is 8.36. The maximum Gasteiger partial charge on any atom is 0.329 e. The van der Waals surface area contributed by atoms with Crippen molar-refractivity contribution in [3.8, 4) is 0 Å². The number of hydrogen-bond donors (Lipinski definition) is 2. The molecular formula is C25H23N5O5. The average Bonchev–Trinajstić information content (AvgIpc) is 3.19. The minimum atomic E-state index is -1.01. The fraction of sp³-hybridized carbons (Fsp3) is 0.200. The molecule has 0 bridgehead atoms.